The van der Waals surface area contributed by atoms with Crippen LogP contribution >= 0.6 is 0 Å². The number of alkyl halides is 2. The van der Waals surface area contributed by atoms with Gasteiger partial charge in [0.1, 0.15) is 12.1 Å². The molecule has 0 saturated heterocycles. The molecule has 8 heteroatoms. The van der Waals surface area contributed by atoms with E-state index in [1.165, 1.54) is 6.42 Å². The number of hydrogen-bond donors (Lipinski definition) is 1. The minimum Gasteiger partial charge on any atom is -0.289 e. The lowest BCUT2D eigenvalue weighted by Crippen LogP contribution is -2.16. The summed E-state index contributed by atoms with van der Waals surface area (Å²) in [4.78, 5) is 16.1. The van der Waals surface area contributed by atoms with E-state index in [9.17, 15) is 18.0 Å². The van der Waals surface area contributed by atoms with E-state index in [-0.39, 0.29) is 17.6 Å². The van der Waals surface area contributed by atoms with E-state index >= 15 is 0 Å². The summed E-state index contributed by atoms with van der Waals surface area (Å²) < 4.78 is 40.3. The number of aromatic nitrogens is 3. The van der Waals surface area contributed by atoms with Crippen LogP contribution < -0.4 is 5.32 Å². The summed E-state index contributed by atoms with van der Waals surface area (Å²) in [6, 6.07) is 3.12. The summed E-state index contributed by atoms with van der Waals surface area (Å²) in [6.07, 6.45) is 4.19. The summed E-state index contributed by atoms with van der Waals surface area (Å²) in [5.74, 6) is -1.64. The maximum atomic E-state index is 13.6. The van der Waals surface area contributed by atoms with Crippen molar-refractivity contribution in [2.45, 2.75) is 44.6 Å². The first-order valence-corrected chi connectivity index (χ1v) is 7.84. The Bertz CT molecular complexity index is 726. The predicted molar refractivity (Wildman–Crippen MR) is 81.5 cm³/mol. The number of halogens is 3. The second-order valence-corrected chi connectivity index (χ2v) is 5.83. The molecule has 2 aromatic rings. The third kappa shape index (κ3) is 3.58. The molecule has 1 saturated carbocycles. The number of carbonyl (C=O) groups is 1. The third-order valence-electron chi connectivity index (χ3n) is 4.18. The van der Waals surface area contributed by atoms with Crippen molar-refractivity contribution in [3.05, 3.63) is 41.5 Å². The van der Waals surface area contributed by atoms with Gasteiger partial charge in [0.2, 0.25) is 5.95 Å². The molecular formula is C16H17F3N4O. The van der Waals surface area contributed by atoms with E-state index < -0.39 is 23.7 Å². The van der Waals surface area contributed by atoms with Gasteiger partial charge in [0.15, 0.2) is 0 Å². The first kappa shape index (κ1) is 16.5. The molecule has 1 N–H and O–H groups in total. The van der Waals surface area contributed by atoms with Crippen molar-refractivity contribution in [2.75, 3.05) is 5.32 Å². The van der Waals surface area contributed by atoms with Crippen LogP contribution in [0.4, 0.5) is 19.1 Å². The Labute approximate surface area is 136 Å². The van der Waals surface area contributed by atoms with Crippen LogP contribution in [-0.2, 0) is 0 Å². The zero-order valence-corrected chi connectivity index (χ0v) is 12.9. The van der Waals surface area contributed by atoms with Crippen molar-refractivity contribution >= 4 is 11.9 Å². The fraction of sp³-hybridized carbons (Fsp3) is 0.438. The fourth-order valence-corrected chi connectivity index (χ4v) is 2.87. The summed E-state index contributed by atoms with van der Waals surface area (Å²) in [5.41, 5.74) is -0.794. The van der Waals surface area contributed by atoms with Crippen LogP contribution in [-0.4, -0.2) is 20.7 Å². The zero-order valence-electron chi connectivity index (χ0n) is 12.9. The molecule has 128 valence electrons. The van der Waals surface area contributed by atoms with E-state index in [1.807, 2.05) is 0 Å². The molecule has 1 aromatic carbocycles. The second-order valence-electron chi connectivity index (χ2n) is 5.83. The predicted octanol–water partition coefficient (Wildman–Crippen LogP) is 4.11. The minimum atomic E-state index is -2.92. The smallest absolute Gasteiger partial charge is 0.266 e. The van der Waals surface area contributed by atoms with Crippen LogP contribution in [0.15, 0.2) is 24.5 Å². The zero-order chi connectivity index (χ0) is 17.1. The monoisotopic (exact) mass is 338 g/mol. The van der Waals surface area contributed by atoms with Crippen LogP contribution in [0, 0.1) is 5.82 Å². The Kier molecular flexibility index (Phi) is 4.82. The lowest BCUT2D eigenvalue weighted by molar-refractivity contribution is 0.102. The summed E-state index contributed by atoms with van der Waals surface area (Å²) in [7, 11) is 0. The molecule has 0 aliphatic heterocycles. The average Bonchev–Trinajstić information content (AvgIpc) is 3.03. The van der Waals surface area contributed by atoms with Gasteiger partial charge in [-0.2, -0.15) is 0 Å². The molecule has 3 rings (SSSR count). The number of anilines is 1. The number of amides is 1. The number of hydrogen-bond acceptors (Lipinski definition) is 3. The molecule has 1 aromatic heterocycles. The Morgan fingerprint density at radius 3 is 2.67 bits per heavy atom. The molecule has 0 spiro atoms. The second kappa shape index (κ2) is 7.02. The van der Waals surface area contributed by atoms with E-state index in [0.29, 0.717) is 0 Å². The SMILES string of the molecule is O=C(Nc1ncn(C2CCCCC2)n1)c1ccc(C(F)F)c(F)c1. The molecule has 0 bridgehead atoms. The van der Waals surface area contributed by atoms with E-state index in [1.54, 1.807) is 11.0 Å². The maximum absolute atomic E-state index is 13.6. The molecule has 5 nitrogen and oxygen atoms in total. The van der Waals surface area contributed by atoms with Gasteiger partial charge >= 0.3 is 0 Å². The number of benzene rings is 1. The molecule has 0 unspecified atom stereocenters. The van der Waals surface area contributed by atoms with Crippen LogP contribution in [0.1, 0.15) is 60.5 Å². The average molecular weight is 338 g/mol. The number of nitrogens with one attached hydrogen (secondary N) is 1. The molecular weight excluding hydrogens is 321 g/mol. The molecule has 24 heavy (non-hydrogen) atoms. The van der Waals surface area contributed by atoms with Gasteiger partial charge in [0.05, 0.1) is 11.6 Å². The quantitative estimate of drug-likeness (QED) is 0.912. The summed E-state index contributed by atoms with van der Waals surface area (Å²) in [6.45, 7) is 0. The molecule has 1 aliphatic carbocycles. The number of nitrogens with zero attached hydrogens (tertiary/aromatic N) is 3. The van der Waals surface area contributed by atoms with Gasteiger partial charge in [-0.05, 0) is 31.0 Å². The Morgan fingerprint density at radius 1 is 1.25 bits per heavy atom. The van der Waals surface area contributed by atoms with Gasteiger partial charge in [0, 0.05) is 5.56 Å². The Morgan fingerprint density at radius 2 is 2.00 bits per heavy atom. The molecule has 1 heterocycles. The minimum absolute atomic E-state index is 0.0640. The van der Waals surface area contributed by atoms with Crippen molar-refractivity contribution in [1.29, 1.82) is 0 Å². The first-order chi connectivity index (χ1) is 11.5. The third-order valence-corrected chi connectivity index (χ3v) is 4.18. The van der Waals surface area contributed by atoms with E-state index in [2.05, 4.69) is 15.4 Å². The van der Waals surface area contributed by atoms with Crippen LogP contribution in [0.25, 0.3) is 0 Å². The standard InChI is InChI=1S/C16H17F3N4O/c17-13-8-10(6-7-12(13)14(18)19)15(24)21-16-20-9-23(22-16)11-4-2-1-3-5-11/h6-9,11,14H,1-5H2,(H,21,22,24). The fourth-order valence-electron chi connectivity index (χ4n) is 2.87. The van der Waals surface area contributed by atoms with Gasteiger partial charge in [0.25, 0.3) is 12.3 Å². The van der Waals surface area contributed by atoms with E-state index in [0.717, 1.165) is 43.9 Å². The molecule has 0 atom stereocenters. The normalized spacial score (nSPS) is 15.7. The number of carbonyl (C=O) groups excluding carboxylic acids is 1. The Balaban J connectivity index is 1.68. The van der Waals surface area contributed by atoms with Gasteiger partial charge in [-0.3, -0.25) is 10.1 Å². The van der Waals surface area contributed by atoms with E-state index in [4.69, 9.17) is 0 Å². The highest BCUT2D eigenvalue weighted by molar-refractivity contribution is 6.03. The molecule has 1 amide bonds. The van der Waals surface area contributed by atoms with Gasteiger partial charge in [-0.15, -0.1) is 5.10 Å². The van der Waals surface area contributed by atoms with Crippen molar-refractivity contribution in [1.82, 2.24) is 14.8 Å². The first-order valence-electron chi connectivity index (χ1n) is 7.84. The largest absolute Gasteiger partial charge is 0.289 e. The van der Waals surface area contributed by atoms with Gasteiger partial charge in [-0.1, -0.05) is 19.3 Å². The Hall–Kier alpha value is -2.38. The van der Waals surface area contributed by atoms with Crippen LogP contribution in [0.2, 0.25) is 0 Å². The highest BCUT2D eigenvalue weighted by atomic mass is 19.3. The van der Waals surface area contributed by atoms with Crippen LogP contribution in [0.3, 0.4) is 0 Å². The molecule has 0 radical (unpaired) electrons. The van der Waals surface area contributed by atoms with Crippen molar-refractivity contribution in [2.24, 2.45) is 0 Å². The highest BCUT2D eigenvalue weighted by Crippen LogP contribution is 2.27. The summed E-state index contributed by atoms with van der Waals surface area (Å²) >= 11 is 0. The molecule has 1 aliphatic rings. The van der Waals surface area contributed by atoms with Gasteiger partial charge < -0.3 is 0 Å². The molecule has 1 fully saturated rings. The van der Waals surface area contributed by atoms with Crippen molar-refractivity contribution in [3.8, 4) is 0 Å². The van der Waals surface area contributed by atoms with Crippen LogP contribution in [0.5, 0.6) is 0 Å². The van der Waals surface area contributed by atoms with Crippen molar-refractivity contribution in [3.63, 3.8) is 0 Å². The lowest BCUT2D eigenvalue weighted by atomic mass is 9.96. The maximum Gasteiger partial charge on any atom is 0.266 e. The van der Waals surface area contributed by atoms with Gasteiger partial charge in [-0.25, -0.2) is 22.8 Å². The summed E-state index contributed by atoms with van der Waals surface area (Å²) in [5, 5.41) is 6.68. The topological polar surface area (TPSA) is 59.8 Å². The highest BCUT2D eigenvalue weighted by Gasteiger charge is 2.19. The van der Waals surface area contributed by atoms with Crippen molar-refractivity contribution < 1.29 is 18.0 Å². The lowest BCUT2D eigenvalue weighted by Gasteiger charge is -2.21. The number of rotatable bonds is 4.